The molecule has 0 fully saturated rings. The van der Waals surface area contributed by atoms with Crippen LogP contribution in [0.4, 0.5) is 10.5 Å². The van der Waals surface area contributed by atoms with E-state index in [9.17, 15) is 4.79 Å². The largest absolute Gasteiger partial charge is 0.444 e. The summed E-state index contributed by atoms with van der Waals surface area (Å²) in [5, 5.41) is 6.10. The van der Waals surface area contributed by atoms with Crippen molar-refractivity contribution in [1.82, 2.24) is 5.32 Å². The van der Waals surface area contributed by atoms with Gasteiger partial charge in [-0.05, 0) is 52.3 Å². The summed E-state index contributed by atoms with van der Waals surface area (Å²) in [4.78, 5) is 11.7. The molecule has 5 heteroatoms. The van der Waals surface area contributed by atoms with Crippen molar-refractivity contribution in [3.63, 3.8) is 0 Å². The lowest BCUT2D eigenvalue weighted by Gasteiger charge is -2.19. The van der Waals surface area contributed by atoms with Crippen molar-refractivity contribution < 1.29 is 14.3 Å². The lowest BCUT2D eigenvalue weighted by molar-refractivity contribution is 0.0636. The third kappa shape index (κ3) is 8.00. The van der Waals surface area contributed by atoms with Crippen LogP contribution in [-0.2, 0) is 16.0 Å². The van der Waals surface area contributed by atoms with Crippen LogP contribution < -0.4 is 10.6 Å². The third-order valence-electron chi connectivity index (χ3n) is 2.83. The van der Waals surface area contributed by atoms with Gasteiger partial charge < -0.3 is 14.8 Å². The number of carbonyl (C=O) groups is 1. The maximum absolute atomic E-state index is 11.7. The number of hydrogen-bond acceptors (Lipinski definition) is 4. The molecule has 22 heavy (non-hydrogen) atoms. The monoisotopic (exact) mass is 308 g/mol. The molecule has 0 saturated heterocycles. The fourth-order valence-electron chi connectivity index (χ4n) is 1.77. The van der Waals surface area contributed by atoms with Crippen molar-refractivity contribution in [3.8, 4) is 0 Å². The molecule has 0 spiro atoms. The molecule has 0 aliphatic rings. The topological polar surface area (TPSA) is 59.6 Å². The van der Waals surface area contributed by atoms with Crippen LogP contribution >= 0.6 is 0 Å². The van der Waals surface area contributed by atoms with Crippen LogP contribution in [0.5, 0.6) is 0 Å². The standard InChI is InChI=1S/C17H28N2O3/c1-6-21-12-13(2)18-11-14-7-9-15(10-8-14)19-16(20)22-17(3,4)5/h7-10,13,18H,6,11-12H2,1-5H3,(H,19,20). The molecule has 0 aliphatic heterocycles. The molecule has 2 N–H and O–H groups in total. The third-order valence-corrected chi connectivity index (χ3v) is 2.83. The van der Waals surface area contributed by atoms with E-state index in [1.165, 1.54) is 0 Å². The van der Waals surface area contributed by atoms with E-state index in [0.29, 0.717) is 12.6 Å². The van der Waals surface area contributed by atoms with Gasteiger partial charge >= 0.3 is 6.09 Å². The van der Waals surface area contributed by atoms with E-state index in [4.69, 9.17) is 9.47 Å². The van der Waals surface area contributed by atoms with Crippen LogP contribution in [0.3, 0.4) is 0 Å². The zero-order valence-corrected chi connectivity index (χ0v) is 14.2. The predicted molar refractivity (Wildman–Crippen MR) is 89.1 cm³/mol. The molecule has 1 amide bonds. The summed E-state index contributed by atoms with van der Waals surface area (Å²) in [6.07, 6.45) is -0.441. The molecule has 0 heterocycles. The second-order valence-electron chi connectivity index (χ2n) is 6.27. The van der Waals surface area contributed by atoms with Gasteiger partial charge in [-0.2, -0.15) is 0 Å². The Balaban J connectivity index is 2.41. The summed E-state index contributed by atoms with van der Waals surface area (Å²) in [6.45, 7) is 11.8. The number of rotatable bonds is 7. The Labute approximate surface area is 133 Å². The Morgan fingerprint density at radius 2 is 1.86 bits per heavy atom. The van der Waals surface area contributed by atoms with Crippen LogP contribution in [0.1, 0.15) is 40.2 Å². The van der Waals surface area contributed by atoms with E-state index in [-0.39, 0.29) is 0 Å². The van der Waals surface area contributed by atoms with E-state index in [1.807, 2.05) is 52.0 Å². The fraction of sp³-hybridized carbons (Fsp3) is 0.588. The fourth-order valence-corrected chi connectivity index (χ4v) is 1.77. The van der Waals surface area contributed by atoms with Gasteiger partial charge in [0.15, 0.2) is 0 Å². The summed E-state index contributed by atoms with van der Waals surface area (Å²) < 4.78 is 10.6. The summed E-state index contributed by atoms with van der Waals surface area (Å²) in [5.41, 5.74) is 1.38. The van der Waals surface area contributed by atoms with Crippen molar-refractivity contribution in [1.29, 1.82) is 0 Å². The van der Waals surface area contributed by atoms with Crippen molar-refractivity contribution in [2.75, 3.05) is 18.5 Å². The molecule has 5 nitrogen and oxygen atoms in total. The maximum Gasteiger partial charge on any atom is 0.412 e. The van der Waals surface area contributed by atoms with Gasteiger partial charge in [0, 0.05) is 24.9 Å². The molecule has 1 aromatic rings. The van der Waals surface area contributed by atoms with Crippen LogP contribution in [-0.4, -0.2) is 30.9 Å². The number of benzene rings is 1. The molecule has 1 rings (SSSR count). The number of nitrogens with one attached hydrogen (secondary N) is 2. The van der Waals surface area contributed by atoms with E-state index in [2.05, 4.69) is 17.6 Å². The highest BCUT2D eigenvalue weighted by Gasteiger charge is 2.16. The minimum absolute atomic E-state index is 0.305. The van der Waals surface area contributed by atoms with Gasteiger partial charge in [0.25, 0.3) is 0 Å². The number of carbonyl (C=O) groups excluding carboxylic acids is 1. The molecule has 1 unspecified atom stereocenters. The SMILES string of the molecule is CCOCC(C)NCc1ccc(NC(=O)OC(C)(C)C)cc1. The first kappa shape index (κ1) is 18.5. The Morgan fingerprint density at radius 1 is 1.23 bits per heavy atom. The number of anilines is 1. The molecule has 1 aromatic carbocycles. The van der Waals surface area contributed by atoms with Crippen molar-refractivity contribution in [2.45, 2.75) is 52.8 Å². The van der Waals surface area contributed by atoms with Crippen LogP contribution in [0.25, 0.3) is 0 Å². The molecule has 0 bridgehead atoms. The number of amides is 1. The Bertz CT molecular complexity index is 452. The lowest BCUT2D eigenvalue weighted by atomic mass is 10.2. The van der Waals surface area contributed by atoms with Gasteiger partial charge in [-0.1, -0.05) is 12.1 Å². The number of ether oxygens (including phenoxy) is 2. The van der Waals surface area contributed by atoms with Gasteiger partial charge in [-0.15, -0.1) is 0 Å². The average molecular weight is 308 g/mol. The smallest absolute Gasteiger partial charge is 0.412 e. The van der Waals surface area contributed by atoms with E-state index < -0.39 is 11.7 Å². The molecular weight excluding hydrogens is 280 g/mol. The van der Waals surface area contributed by atoms with Crippen LogP contribution in [0.2, 0.25) is 0 Å². The van der Waals surface area contributed by atoms with Gasteiger partial charge in [-0.25, -0.2) is 4.79 Å². The highest BCUT2D eigenvalue weighted by Crippen LogP contribution is 2.13. The summed E-state index contributed by atoms with van der Waals surface area (Å²) in [7, 11) is 0. The molecular formula is C17H28N2O3. The second kappa shape index (κ2) is 8.76. The van der Waals surface area contributed by atoms with Gasteiger partial charge in [0.1, 0.15) is 5.60 Å². The second-order valence-corrected chi connectivity index (χ2v) is 6.27. The summed E-state index contributed by atoms with van der Waals surface area (Å²) in [6, 6.07) is 8.00. The van der Waals surface area contributed by atoms with E-state index in [1.54, 1.807) is 0 Å². The highest BCUT2D eigenvalue weighted by molar-refractivity contribution is 5.84. The molecule has 0 saturated carbocycles. The summed E-state index contributed by atoms with van der Waals surface area (Å²) >= 11 is 0. The first-order valence-electron chi connectivity index (χ1n) is 7.70. The van der Waals surface area contributed by atoms with Crippen LogP contribution in [0.15, 0.2) is 24.3 Å². The molecule has 124 valence electrons. The van der Waals surface area contributed by atoms with Gasteiger partial charge in [-0.3, -0.25) is 5.32 Å². The quantitative estimate of drug-likeness (QED) is 0.809. The van der Waals surface area contributed by atoms with E-state index >= 15 is 0 Å². The molecule has 0 aromatic heterocycles. The Kier molecular flexibility index (Phi) is 7.35. The minimum Gasteiger partial charge on any atom is -0.444 e. The Hall–Kier alpha value is -1.59. The highest BCUT2D eigenvalue weighted by atomic mass is 16.6. The van der Waals surface area contributed by atoms with Gasteiger partial charge in [0.2, 0.25) is 0 Å². The van der Waals surface area contributed by atoms with Crippen LogP contribution in [0, 0.1) is 0 Å². The maximum atomic E-state index is 11.7. The first-order valence-corrected chi connectivity index (χ1v) is 7.70. The van der Waals surface area contributed by atoms with Crippen molar-refractivity contribution in [3.05, 3.63) is 29.8 Å². The average Bonchev–Trinajstić information content (AvgIpc) is 2.42. The molecule has 0 radical (unpaired) electrons. The van der Waals surface area contributed by atoms with Crippen molar-refractivity contribution in [2.24, 2.45) is 0 Å². The van der Waals surface area contributed by atoms with Crippen molar-refractivity contribution >= 4 is 11.8 Å². The predicted octanol–water partition coefficient (Wildman–Crippen LogP) is 3.55. The Morgan fingerprint density at radius 3 is 2.41 bits per heavy atom. The van der Waals surface area contributed by atoms with Gasteiger partial charge in [0.05, 0.1) is 6.61 Å². The molecule has 0 aliphatic carbocycles. The number of hydrogen-bond donors (Lipinski definition) is 2. The normalized spacial score (nSPS) is 12.8. The summed E-state index contributed by atoms with van der Waals surface area (Å²) in [5.74, 6) is 0. The zero-order chi connectivity index (χ0) is 16.6. The van der Waals surface area contributed by atoms with E-state index in [0.717, 1.165) is 24.4 Å². The zero-order valence-electron chi connectivity index (χ0n) is 14.2. The molecule has 1 atom stereocenters. The minimum atomic E-state index is -0.495. The lowest BCUT2D eigenvalue weighted by Crippen LogP contribution is -2.30. The first-order chi connectivity index (χ1) is 10.3.